The third kappa shape index (κ3) is 10.0. The van der Waals surface area contributed by atoms with Gasteiger partial charge in [-0.2, -0.15) is 0 Å². The van der Waals surface area contributed by atoms with Gasteiger partial charge < -0.3 is 50.3 Å². The summed E-state index contributed by atoms with van der Waals surface area (Å²) in [5, 5.41) is 19.1. The molecule has 6 N–H and O–H groups in total. The van der Waals surface area contributed by atoms with Crippen molar-refractivity contribution in [3.8, 4) is 17.1 Å². The molecule has 320 valence electrons. The fourth-order valence-corrected chi connectivity index (χ4v) is 7.65. The molecule has 59 heavy (non-hydrogen) atoms. The van der Waals surface area contributed by atoms with Gasteiger partial charge in [0.2, 0.25) is 23.3 Å². The number of carbonyl (C=O) groups is 5. The number of nitrogens with zero attached hydrogens (tertiary/aromatic N) is 2. The molecule has 2 aliphatic heterocycles. The Kier molecular flexibility index (Phi) is 15.1. The van der Waals surface area contributed by atoms with Crippen LogP contribution in [-0.4, -0.2) is 90.0 Å². The Hall–Kier alpha value is -5.55. The van der Waals surface area contributed by atoms with Crippen LogP contribution >= 0.6 is 0 Å². The molecule has 0 bridgehead atoms. The second-order valence-electron chi connectivity index (χ2n) is 15.1. The van der Waals surface area contributed by atoms with E-state index in [0.717, 1.165) is 16.5 Å². The number of aryl methyl sites for hydroxylation is 1. The van der Waals surface area contributed by atoms with Crippen LogP contribution in [0.1, 0.15) is 89.0 Å². The highest BCUT2D eigenvalue weighted by Crippen LogP contribution is 2.42. The number of cyclic esters (lactones) is 1. The first-order valence-corrected chi connectivity index (χ1v) is 20.3. The van der Waals surface area contributed by atoms with E-state index in [9.17, 15) is 33.9 Å². The summed E-state index contributed by atoms with van der Waals surface area (Å²) in [6, 6.07) is 5.76. The van der Waals surface area contributed by atoms with Crippen LogP contribution < -0.4 is 27.2 Å². The number of benzene rings is 1. The van der Waals surface area contributed by atoms with E-state index < -0.39 is 42.2 Å². The van der Waals surface area contributed by atoms with Crippen molar-refractivity contribution in [2.75, 3.05) is 39.5 Å². The van der Waals surface area contributed by atoms with E-state index in [2.05, 4.69) is 16.0 Å². The Morgan fingerprint density at radius 3 is 2.47 bits per heavy atom. The molecule has 3 unspecified atom stereocenters. The normalized spacial score (nSPS) is 16.4. The number of nitrogens with one attached hydrogen (secondary N) is 3. The number of phenols is 1. The monoisotopic (exact) mass is 820 g/mol. The number of aromatic hydroxyl groups is 1. The molecule has 0 spiro atoms. The summed E-state index contributed by atoms with van der Waals surface area (Å²) in [4.78, 5) is 83.3. The average molecular weight is 821 g/mol. The fraction of sp³-hybridized carbons (Fsp3) is 0.548. The number of rotatable bonds is 20. The molecule has 17 heteroatoms. The zero-order valence-electron chi connectivity index (χ0n) is 34.4. The summed E-state index contributed by atoms with van der Waals surface area (Å²) in [5.41, 5.74) is 7.16. The molecule has 5 rings (SSSR count). The van der Waals surface area contributed by atoms with Crippen molar-refractivity contribution in [3.05, 3.63) is 56.9 Å². The number of aromatic nitrogens is 2. The van der Waals surface area contributed by atoms with Gasteiger partial charge in [-0.15, -0.1) is 0 Å². The maximum absolute atomic E-state index is 14.1. The second-order valence-corrected chi connectivity index (χ2v) is 15.1. The Morgan fingerprint density at radius 1 is 1.02 bits per heavy atom. The number of unbranched alkanes of at least 4 members (excludes halogenated alkanes) is 1. The standard InChI is InChI=1S/C42H56N6O11/c1-6-27-28-17-26(49)12-13-32(28)47-37-29(27)19-48-34(37)18-31-30(39(48)53)21-57-40(54)42(31,7-2)59-41(55)58-20-25(24(4)5)14-16-45-38(52)33(11-9-10-15-43)46-36(51)23-56-22-35(50)44-8-3/h12-13,17-18,24-25,33,49H,6-11,14-16,19-23,43H2,1-5H3,(H,44,50)(H,45,52)(H,46,51). The SMILES string of the molecule is CCNC(=O)COCC(=O)NC(CCCCN)C(=O)NCCC(COC(=O)OC1(CC)C(=O)OCc2c1cc1n(c2=O)Cc2c-1nc1ccc(O)cc1c2CC)C(C)C. The minimum absolute atomic E-state index is 0.00517. The second kappa shape index (κ2) is 19.9. The number of esters is 1. The smallest absolute Gasteiger partial charge is 0.508 e. The van der Waals surface area contributed by atoms with Crippen molar-refractivity contribution in [1.29, 1.82) is 0 Å². The number of fused-ring (bicyclic) bond motifs is 5. The summed E-state index contributed by atoms with van der Waals surface area (Å²) in [6.45, 7) is 9.54. The quantitative estimate of drug-likeness (QED) is 0.0637. The molecule has 4 heterocycles. The lowest BCUT2D eigenvalue weighted by Gasteiger charge is -2.35. The predicted octanol–water partition coefficient (Wildman–Crippen LogP) is 3.05. The highest BCUT2D eigenvalue weighted by Gasteiger charge is 2.51. The number of pyridine rings is 2. The van der Waals surface area contributed by atoms with Gasteiger partial charge in [0.25, 0.3) is 5.56 Å². The van der Waals surface area contributed by atoms with Crippen LogP contribution in [-0.2, 0) is 63.3 Å². The predicted molar refractivity (Wildman–Crippen MR) is 216 cm³/mol. The van der Waals surface area contributed by atoms with Gasteiger partial charge in [0.05, 0.1) is 35.6 Å². The first-order valence-electron chi connectivity index (χ1n) is 20.3. The van der Waals surface area contributed by atoms with Crippen LogP contribution in [0.2, 0.25) is 0 Å². The third-order valence-corrected chi connectivity index (χ3v) is 11.0. The molecule has 3 amide bonds. The first kappa shape index (κ1) is 44.6. The minimum Gasteiger partial charge on any atom is -0.508 e. The number of amides is 3. The van der Waals surface area contributed by atoms with Crippen molar-refractivity contribution >= 4 is 40.7 Å². The van der Waals surface area contributed by atoms with E-state index in [1.54, 1.807) is 42.7 Å². The Labute approximate surface area is 342 Å². The maximum atomic E-state index is 14.1. The molecule has 1 aromatic carbocycles. The van der Waals surface area contributed by atoms with Crippen molar-refractivity contribution < 1.29 is 48.0 Å². The Balaban J connectivity index is 1.25. The molecule has 0 radical (unpaired) electrons. The zero-order chi connectivity index (χ0) is 42.9. The van der Waals surface area contributed by atoms with Gasteiger partial charge >= 0.3 is 12.1 Å². The minimum atomic E-state index is -1.96. The number of nitrogens with two attached hydrogens (primary N) is 1. The number of hydrogen-bond donors (Lipinski definition) is 5. The summed E-state index contributed by atoms with van der Waals surface area (Å²) in [6.07, 6.45) is 1.47. The molecule has 0 fully saturated rings. The van der Waals surface area contributed by atoms with Crippen LogP contribution in [0, 0.1) is 11.8 Å². The van der Waals surface area contributed by atoms with Crippen LogP contribution in [0.5, 0.6) is 5.75 Å². The topological polar surface area (TPSA) is 239 Å². The summed E-state index contributed by atoms with van der Waals surface area (Å²) in [7, 11) is 0. The third-order valence-electron chi connectivity index (χ3n) is 11.0. The summed E-state index contributed by atoms with van der Waals surface area (Å²) >= 11 is 0. The van der Waals surface area contributed by atoms with Gasteiger partial charge in [0.15, 0.2) is 0 Å². The molecule has 3 atom stereocenters. The van der Waals surface area contributed by atoms with Crippen molar-refractivity contribution in [2.24, 2.45) is 17.6 Å². The summed E-state index contributed by atoms with van der Waals surface area (Å²) in [5.74, 6) is -2.25. The fourth-order valence-electron chi connectivity index (χ4n) is 7.65. The van der Waals surface area contributed by atoms with Gasteiger partial charge in [-0.3, -0.25) is 19.2 Å². The van der Waals surface area contributed by atoms with Crippen molar-refractivity contribution in [3.63, 3.8) is 0 Å². The van der Waals surface area contributed by atoms with E-state index >= 15 is 0 Å². The van der Waals surface area contributed by atoms with E-state index in [1.165, 1.54) is 0 Å². The highest BCUT2D eigenvalue weighted by molar-refractivity contribution is 5.91. The molecule has 3 aromatic rings. The van der Waals surface area contributed by atoms with E-state index in [4.69, 9.17) is 29.7 Å². The molecule has 0 saturated heterocycles. The number of likely N-dealkylation sites (N-methyl/N-ethyl adjacent to an activating group) is 1. The molecule has 17 nitrogen and oxygen atoms in total. The zero-order valence-corrected chi connectivity index (χ0v) is 34.4. The van der Waals surface area contributed by atoms with E-state index in [-0.39, 0.29) is 79.5 Å². The number of phenolic OH excluding ortho intramolecular Hbond substituents is 1. The van der Waals surface area contributed by atoms with Crippen LogP contribution in [0.3, 0.4) is 0 Å². The van der Waals surface area contributed by atoms with Crippen LogP contribution in [0.25, 0.3) is 22.3 Å². The molecule has 0 aliphatic carbocycles. The van der Waals surface area contributed by atoms with Gasteiger partial charge in [-0.25, -0.2) is 14.6 Å². The van der Waals surface area contributed by atoms with E-state index in [0.29, 0.717) is 62.1 Å². The Morgan fingerprint density at radius 2 is 1.78 bits per heavy atom. The molecule has 2 aliphatic rings. The molecule has 0 saturated carbocycles. The van der Waals surface area contributed by atoms with Gasteiger partial charge in [0, 0.05) is 29.6 Å². The van der Waals surface area contributed by atoms with Gasteiger partial charge in [-0.05, 0) is 93.7 Å². The van der Waals surface area contributed by atoms with Gasteiger partial charge in [-0.1, -0.05) is 27.7 Å². The first-order chi connectivity index (χ1) is 28.3. The summed E-state index contributed by atoms with van der Waals surface area (Å²) < 4.78 is 23.7. The van der Waals surface area contributed by atoms with Gasteiger partial charge in [0.1, 0.15) is 31.6 Å². The average Bonchev–Trinajstić information content (AvgIpc) is 3.57. The van der Waals surface area contributed by atoms with Crippen molar-refractivity contribution in [1.82, 2.24) is 25.5 Å². The Bertz CT molecular complexity index is 2120. The molecular formula is C42H56N6O11. The molecule has 2 aromatic heterocycles. The number of carbonyl (C=O) groups excluding carboxylic acids is 5. The van der Waals surface area contributed by atoms with Crippen molar-refractivity contribution in [2.45, 2.75) is 97.9 Å². The molecular weight excluding hydrogens is 764 g/mol. The van der Waals surface area contributed by atoms with Crippen LogP contribution in [0.4, 0.5) is 4.79 Å². The highest BCUT2D eigenvalue weighted by atomic mass is 16.7. The number of hydrogen-bond acceptors (Lipinski definition) is 13. The number of ether oxygens (including phenoxy) is 4. The lowest BCUT2D eigenvalue weighted by Crippen LogP contribution is -2.48. The lowest BCUT2D eigenvalue weighted by molar-refractivity contribution is -0.175. The van der Waals surface area contributed by atoms with E-state index in [1.807, 2.05) is 20.8 Å². The maximum Gasteiger partial charge on any atom is 0.509 e. The lowest BCUT2D eigenvalue weighted by atomic mass is 9.85. The van der Waals surface area contributed by atoms with Crippen LogP contribution in [0.15, 0.2) is 29.1 Å². The largest absolute Gasteiger partial charge is 0.509 e.